The van der Waals surface area contributed by atoms with Gasteiger partial charge in [-0.15, -0.1) is 0 Å². The molecule has 0 unspecified atom stereocenters. The van der Waals surface area contributed by atoms with Crippen LogP contribution in [0.15, 0.2) is 30.3 Å². The summed E-state index contributed by atoms with van der Waals surface area (Å²) in [5.41, 5.74) is 0.909. The lowest BCUT2D eigenvalue weighted by atomic mass is 9.93. The van der Waals surface area contributed by atoms with Crippen molar-refractivity contribution in [3.05, 3.63) is 35.9 Å². The van der Waals surface area contributed by atoms with E-state index in [2.05, 4.69) is 15.4 Å². The molecular formula is C17H27N3O3S. The first-order valence-corrected chi connectivity index (χ1v) is 10.2. The number of amides is 1. The van der Waals surface area contributed by atoms with E-state index in [9.17, 15) is 13.2 Å². The van der Waals surface area contributed by atoms with Gasteiger partial charge < -0.3 is 10.6 Å². The maximum absolute atomic E-state index is 11.9. The maximum atomic E-state index is 11.9. The van der Waals surface area contributed by atoms with Gasteiger partial charge in [0.1, 0.15) is 0 Å². The van der Waals surface area contributed by atoms with Gasteiger partial charge in [0.15, 0.2) is 0 Å². The average Bonchev–Trinajstić information content (AvgIpc) is 2.60. The van der Waals surface area contributed by atoms with Gasteiger partial charge in [-0.3, -0.25) is 4.79 Å². The number of rotatable bonds is 9. The molecule has 0 spiro atoms. The smallest absolute Gasteiger partial charge is 0.220 e. The summed E-state index contributed by atoms with van der Waals surface area (Å²) in [6, 6.07) is 9.35. The van der Waals surface area contributed by atoms with E-state index in [1.165, 1.54) is 0 Å². The molecule has 7 heteroatoms. The number of sulfonamides is 1. The Morgan fingerprint density at radius 3 is 2.58 bits per heavy atom. The Balaban J connectivity index is 1.60. The second-order valence-electron chi connectivity index (χ2n) is 6.21. The van der Waals surface area contributed by atoms with E-state index < -0.39 is 10.0 Å². The first-order valence-electron chi connectivity index (χ1n) is 8.54. The minimum Gasteiger partial charge on any atom is -0.355 e. The summed E-state index contributed by atoms with van der Waals surface area (Å²) in [5, 5.41) is 6.01. The highest BCUT2D eigenvalue weighted by molar-refractivity contribution is 7.89. The third-order valence-electron chi connectivity index (χ3n) is 4.27. The average molecular weight is 353 g/mol. The van der Waals surface area contributed by atoms with Crippen LogP contribution in [0, 0.1) is 5.92 Å². The summed E-state index contributed by atoms with van der Waals surface area (Å²) < 4.78 is 26.4. The van der Waals surface area contributed by atoms with Gasteiger partial charge in [0.2, 0.25) is 15.9 Å². The molecule has 0 bridgehead atoms. The molecule has 0 radical (unpaired) electrons. The van der Waals surface area contributed by atoms with Crippen LogP contribution < -0.4 is 15.4 Å². The molecule has 1 fully saturated rings. The molecule has 1 aliphatic rings. The van der Waals surface area contributed by atoms with Crippen molar-refractivity contribution in [2.45, 2.75) is 32.2 Å². The first kappa shape index (κ1) is 18.9. The lowest BCUT2D eigenvalue weighted by Crippen LogP contribution is -2.34. The lowest BCUT2D eigenvalue weighted by molar-refractivity contribution is -0.121. The number of hydrogen-bond acceptors (Lipinski definition) is 4. The van der Waals surface area contributed by atoms with E-state index in [4.69, 9.17) is 0 Å². The predicted molar refractivity (Wildman–Crippen MR) is 94.9 cm³/mol. The third-order valence-corrected chi connectivity index (χ3v) is 5.60. The van der Waals surface area contributed by atoms with Crippen LogP contribution in [-0.2, 0) is 21.4 Å². The van der Waals surface area contributed by atoms with Crippen molar-refractivity contribution in [1.29, 1.82) is 0 Å². The maximum Gasteiger partial charge on any atom is 0.220 e. The SMILES string of the molecule is O=C(CCC1CCNCC1)NCCS(=O)(=O)NCc1ccccc1. The van der Waals surface area contributed by atoms with E-state index in [1.54, 1.807) is 0 Å². The second kappa shape index (κ2) is 9.76. The largest absolute Gasteiger partial charge is 0.355 e. The summed E-state index contributed by atoms with van der Waals surface area (Å²) in [7, 11) is -3.38. The van der Waals surface area contributed by atoms with Gasteiger partial charge in [-0.25, -0.2) is 13.1 Å². The highest BCUT2D eigenvalue weighted by atomic mass is 32.2. The topological polar surface area (TPSA) is 87.3 Å². The highest BCUT2D eigenvalue weighted by Gasteiger charge is 2.15. The van der Waals surface area contributed by atoms with E-state index in [0.717, 1.165) is 37.9 Å². The number of benzene rings is 1. The fourth-order valence-corrected chi connectivity index (χ4v) is 3.68. The molecule has 6 nitrogen and oxygen atoms in total. The monoisotopic (exact) mass is 353 g/mol. The van der Waals surface area contributed by atoms with Crippen LogP contribution in [0.4, 0.5) is 0 Å². The molecular weight excluding hydrogens is 326 g/mol. The van der Waals surface area contributed by atoms with Gasteiger partial charge >= 0.3 is 0 Å². The number of carbonyl (C=O) groups is 1. The Morgan fingerprint density at radius 2 is 1.88 bits per heavy atom. The van der Waals surface area contributed by atoms with Crippen LogP contribution in [0.3, 0.4) is 0 Å². The quantitative estimate of drug-likeness (QED) is 0.618. The van der Waals surface area contributed by atoms with Crippen molar-refractivity contribution in [2.24, 2.45) is 5.92 Å². The van der Waals surface area contributed by atoms with Crippen LogP contribution in [0.2, 0.25) is 0 Å². The molecule has 0 atom stereocenters. The summed E-state index contributed by atoms with van der Waals surface area (Å²) in [6.07, 6.45) is 3.59. The summed E-state index contributed by atoms with van der Waals surface area (Å²) in [6.45, 7) is 2.47. The lowest BCUT2D eigenvalue weighted by Gasteiger charge is -2.22. The van der Waals surface area contributed by atoms with Gasteiger partial charge in [-0.1, -0.05) is 30.3 Å². The molecule has 1 aliphatic heterocycles. The molecule has 134 valence electrons. The van der Waals surface area contributed by atoms with Crippen molar-refractivity contribution in [3.8, 4) is 0 Å². The van der Waals surface area contributed by atoms with Gasteiger partial charge in [-0.2, -0.15) is 0 Å². The molecule has 0 aromatic heterocycles. The molecule has 0 saturated carbocycles. The van der Waals surface area contributed by atoms with Crippen LogP contribution in [0.5, 0.6) is 0 Å². The van der Waals surface area contributed by atoms with Crippen molar-refractivity contribution in [1.82, 2.24) is 15.4 Å². The number of carbonyl (C=O) groups excluding carboxylic acids is 1. The van der Waals surface area contributed by atoms with Crippen molar-refractivity contribution < 1.29 is 13.2 Å². The molecule has 1 aromatic rings. The molecule has 1 amide bonds. The zero-order valence-electron chi connectivity index (χ0n) is 14.0. The zero-order chi connectivity index (χ0) is 17.3. The summed E-state index contributed by atoms with van der Waals surface area (Å²) in [4.78, 5) is 11.8. The van der Waals surface area contributed by atoms with Gasteiger partial charge in [0.25, 0.3) is 0 Å². The van der Waals surface area contributed by atoms with Crippen LogP contribution in [0.1, 0.15) is 31.2 Å². The number of piperidine rings is 1. The fourth-order valence-electron chi connectivity index (χ4n) is 2.78. The van der Waals surface area contributed by atoms with Crippen LogP contribution >= 0.6 is 0 Å². The molecule has 1 heterocycles. The molecule has 3 N–H and O–H groups in total. The molecule has 1 aromatic carbocycles. The predicted octanol–water partition coefficient (Wildman–Crippen LogP) is 1.00. The molecule has 0 aliphatic carbocycles. The molecule has 2 rings (SSSR count). The normalized spacial score (nSPS) is 16.0. The van der Waals surface area contributed by atoms with Gasteiger partial charge in [0, 0.05) is 19.5 Å². The minimum absolute atomic E-state index is 0.0632. The Bertz CT molecular complexity index is 599. The van der Waals surface area contributed by atoms with Crippen molar-refractivity contribution in [3.63, 3.8) is 0 Å². The summed E-state index contributed by atoms with van der Waals surface area (Å²) >= 11 is 0. The standard InChI is InChI=1S/C17H27N3O3S/c21-17(7-6-15-8-10-18-11-9-15)19-12-13-24(22,23)20-14-16-4-2-1-3-5-16/h1-5,15,18,20H,6-14H2,(H,19,21). The van der Waals surface area contributed by atoms with Gasteiger partial charge in [-0.05, 0) is 43.8 Å². The second-order valence-corrected chi connectivity index (χ2v) is 8.13. The molecule has 1 saturated heterocycles. The Labute approximate surface area is 144 Å². The zero-order valence-corrected chi connectivity index (χ0v) is 14.8. The third kappa shape index (κ3) is 7.42. The van der Waals surface area contributed by atoms with Crippen LogP contribution in [-0.4, -0.2) is 39.7 Å². The van der Waals surface area contributed by atoms with E-state index in [0.29, 0.717) is 12.3 Å². The van der Waals surface area contributed by atoms with Crippen molar-refractivity contribution >= 4 is 15.9 Å². The first-order chi connectivity index (χ1) is 11.6. The Kier molecular flexibility index (Phi) is 7.68. The van der Waals surface area contributed by atoms with E-state index in [-0.39, 0.29) is 24.7 Å². The fraction of sp³-hybridized carbons (Fsp3) is 0.588. The number of nitrogens with one attached hydrogen (secondary N) is 3. The van der Waals surface area contributed by atoms with E-state index >= 15 is 0 Å². The number of hydrogen-bond donors (Lipinski definition) is 3. The van der Waals surface area contributed by atoms with Gasteiger partial charge in [0.05, 0.1) is 5.75 Å². The highest BCUT2D eigenvalue weighted by Crippen LogP contribution is 2.17. The Hall–Kier alpha value is -1.44. The summed E-state index contributed by atoms with van der Waals surface area (Å²) in [5.74, 6) is 0.443. The molecule has 24 heavy (non-hydrogen) atoms. The van der Waals surface area contributed by atoms with E-state index in [1.807, 2.05) is 30.3 Å². The van der Waals surface area contributed by atoms with Crippen molar-refractivity contribution in [2.75, 3.05) is 25.4 Å². The minimum atomic E-state index is -3.38. The van der Waals surface area contributed by atoms with Crippen LogP contribution in [0.25, 0.3) is 0 Å². The Morgan fingerprint density at radius 1 is 1.17 bits per heavy atom.